The molecule has 4 heterocycles. The van der Waals surface area contributed by atoms with Gasteiger partial charge in [0.15, 0.2) is 15.7 Å². The van der Waals surface area contributed by atoms with Gasteiger partial charge in [-0.05, 0) is 125 Å². The Balaban J connectivity index is 1.04. The van der Waals surface area contributed by atoms with Crippen LogP contribution in [0.25, 0.3) is 0 Å². The van der Waals surface area contributed by atoms with E-state index < -0.39 is 15.1 Å². The van der Waals surface area contributed by atoms with Crippen LogP contribution < -0.4 is 20.7 Å². The molecule has 3 aliphatic heterocycles. The average molecular weight is 832 g/mol. The molecule has 0 saturated carbocycles. The van der Waals surface area contributed by atoms with E-state index in [0.717, 1.165) is 43.6 Å². The van der Waals surface area contributed by atoms with Crippen LogP contribution in [-0.4, -0.2) is 70.5 Å². The summed E-state index contributed by atoms with van der Waals surface area (Å²) in [6.07, 6.45) is 4.23. The fourth-order valence-corrected chi connectivity index (χ4v) is 9.86. The van der Waals surface area contributed by atoms with Crippen LogP contribution in [0.5, 0.6) is 5.75 Å². The lowest BCUT2D eigenvalue weighted by molar-refractivity contribution is -0.137. The minimum absolute atomic E-state index is 0.0823. The molecule has 302 valence electrons. The van der Waals surface area contributed by atoms with Crippen LogP contribution in [0.4, 0.5) is 23.1 Å². The number of likely N-dealkylation sites (tertiary alicyclic amines) is 1. The van der Waals surface area contributed by atoms with Crippen LogP contribution >= 0.6 is 24.2 Å². The number of nitrogens with one attached hydrogen (secondary N) is 3. The Bertz CT molecular complexity index is 2280. The lowest BCUT2D eigenvalue weighted by Crippen LogP contribution is -2.51. The first-order valence-corrected chi connectivity index (χ1v) is 21.9. The van der Waals surface area contributed by atoms with Crippen molar-refractivity contribution in [3.05, 3.63) is 93.6 Å². The molecule has 0 spiro atoms. The molecule has 4 aromatic rings. The van der Waals surface area contributed by atoms with Gasteiger partial charge in [0.1, 0.15) is 10.8 Å². The van der Waals surface area contributed by atoms with Crippen molar-refractivity contribution in [1.29, 1.82) is 0 Å². The number of anilines is 4. The molecule has 15 heteroatoms. The molecule has 1 aromatic heterocycles. The molecular weight excluding hydrogens is 782 g/mol. The van der Waals surface area contributed by atoms with Crippen molar-refractivity contribution in [3.8, 4) is 5.75 Å². The molecular formula is C42H50ClN7O5S2. The molecule has 3 N–H and O–H groups in total. The van der Waals surface area contributed by atoms with E-state index in [-0.39, 0.29) is 51.0 Å². The molecule has 12 nitrogen and oxygen atoms in total. The Morgan fingerprint density at radius 3 is 2.46 bits per heavy atom. The fourth-order valence-electron chi connectivity index (χ4n) is 8.03. The summed E-state index contributed by atoms with van der Waals surface area (Å²) < 4.78 is 32.5. The van der Waals surface area contributed by atoms with Crippen LogP contribution in [0.1, 0.15) is 92.5 Å². The first-order chi connectivity index (χ1) is 27.2. The largest absolute Gasteiger partial charge is 0.489 e. The van der Waals surface area contributed by atoms with Crippen LogP contribution in [0, 0.1) is 6.92 Å². The van der Waals surface area contributed by atoms with Gasteiger partial charge in [-0.15, -0.1) is 0 Å². The molecule has 2 unspecified atom stereocenters. The van der Waals surface area contributed by atoms with Crippen molar-refractivity contribution in [3.63, 3.8) is 0 Å². The Hall–Kier alpha value is -4.21. The predicted molar refractivity (Wildman–Crippen MR) is 226 cm³/mol. The van der Waals surface area contributed by atoms with Crippen molar-refractivity contribution in [2.75, 3.05) is 23.7 Å². The van der Waals surface area contributed by atoms with Gasteiger partial charge < -0.3 is 15.4 Å². The molecule has 0 bridgehead atoms. The van der Waals surface area contributed by atoms with E-state index in [1.165, 1.54) is 22.9 Å². The van der Waals surface area contributed by atoms with E-state index in [9.17, 15) is 18.0 Å². The molecule has 2 fully saturated rings. The van der Waals surface area contributed by atoms with Crippen molar-refractivity contribution in [1.82, 2.24) is 25.1 Å². The van der Waals surface area contributed by atoms with E-state index in [2.05, 4.69) is 73.0 Å². The average Bonchev–Trinajstić information content (AvgIpc) is 3.50. The van der Waals surface area contributed by atoms with Gasteiger partial charge in [-0.2, -0.15) is 17.6 Å². The number of para-hydroxylation sites is 1. The van der Waals surface area contributed by atoms with Crippen molar-refractivity contribution in [2.24, 2.45) is 0 Å². The number of carbonyl (C=O) groups excluding carboxylic acids is 2. The zero-order valence-electron chi connectivity index (χ0n) is 32.9. The number of nitrogens with zero attached hydrogens (tertiary/aromatic N) is 4. The van der Waals surface area contributed by atoms with Crippen LogP contribution in [0.2, 0.25) is 5.02 Å². The van der Waals surface area contributed by atoms with Gasteiger partial charge in [0.25, 0.3) is 0 Å². The molecule has 2 saturated heterocycles. The van der Waals surface area contributed by atoms with E-state index in [1.807, 2.05) is 13.8 Å². The number of imide groups is 1. The maximum atomic E-state index is 13.1. The van der Waals surface area contributed by atoms with Gasteiger partial charge in [0, 0.05) is 19.5 Å². The van der Waals surface area contributed by atoms with Gasteiger partial charge >= 0.3 is 0 Å². The molecule has 2 amide bonds. The third-order valence-electron chi connectivity index (χ3n) is 11.1. The SMILES string of the molecule is Cc1cc(Nc2ncc(Cl)c(Nc3ccccc3S(=O)(=O)C(C)C)n2)c(OC(C)C)cc1C1CCN(Cc2cccc3c2CN(C2CCC(=O)NC2=O)C3S)CC1. The summed E-state index contributed by atoms with van der Waals surface area (Å²) >= 11 is 11.4. The van der Waals surface area contributed by atoms with Crippen LogP contribution in [-0.2, 0) is 32.5 Å². The highest BCUT2D eigenvalue weighted by atomic mass is 35.5. The number of carbonyl (C=O) groups is 2. The van der Waals surface area contributed by atoms with Gasteiger partial charge in [0.2, 0.25) is 17.8 Å². The second kappa shape index (κ2) is 16.9. The zero-order valence-corrected chi connectivity index (χ0v) is 35.3. The summed E-state index contributed by atoms with van der Waals surface area (Å²) in [4.78, 5) is 38.4. The maximum absolute atomic E-state index is 13.1. The predicted octanol–water partition coefficient (Wildman–Crippen LogP) is 7.82. The lowest BCUT2D eigenvalue weighted by atomic mass is 9.86. The maximum Gasteiger partial charge on any atom is 0.243 e. The summed E-state index contributed by atoms with van der Waals surface area (Å²) in [5.41, 5.74) is 7.09. The summed E-state index contributed by atoms with van der Waals surface area (Å²) in [7, 11) is -3.57. The number of hydrogen-bond acceptors (Lipinski definition) is 12. The highest BCUT2D eigenvalue weighted by Gasteiger charge is 2.40. The van der Waals surface area contributed by atoms with Gasteiger partial charge in [-0.25, -0.2) is 13.4 Å². The first kappa shape index (κ1) is 41.0. The number of aromatic nitrogens is 2. The standard InChI is InChI=1S/C42H50ClN7O5S2/c1-24(2)55-36-20-30(26(5)19-34(36)46-42-44-21-32(43)39(48-42)45-33-11-6-7-12-37(33)57(53,54)25(3)4)27-15-17-49(18-16-27)22-28-9-8-10-29-31(28)23-50(41(29)56)35-13-14-38(51)47-40(35)52/h6-12,19-21,24-25,27,35,41,56H,13-18,22-23H2,1-5H3,(H,47,51,52)(H2,44,45,46,48). The van der Waals surface area contributed by atoms with Crippen LogP contribution in [0.15, 0.2) is 65.7 Å². The molecule has 3 aromatic carbocycles. The summed E-state index contributed by atoms with van der Waals surface area (Å²) in [6.45, 7) is 12.7. The smallest absolute Gasteiger partial charge is 0.243 e. The van der Waals surface area contributed by atoms with E-state index in [0.29, 0.717) is 42.4 Å². The summed E-state index contributed by atoms with van der Waals surface area (Å²) in [5, 5.41) is 8.40. The quantitative estimate of drug-likeness (QED) is 0.0819. The number of hydrogen-bond donors (Lipinski definition) is 4. The van der Waals surface area contributed by atoms with Gasteiger partial charge in [-0.3, -0.25) is 24.7 Å². The third kappa shape index (κ3) is 8.80. The molecule has 0 aliphatic carbocycles. The second-order valence-corrected chi connectivity index (χ2v) is 19.0. The number of amides is 2. The Morgan fingerprint density at radius 2 is 1.74 bits per heavy atom. The molecule has 7 rings (SSSR count). The van der Waals surface area contributed by atoms with E-state index in [1.54, 1.807) is 38.1 Å². The molecule has 3 aliphatic rings. The number of sulfone groups is 1. The van der Waals surface area contributed by atoms with Crippen molar-refractivity contribution in [2.45, 2.75) is 107 Å². The minimum atomic E-state index is -3.57. The zero-order chi connectivity index (χ0) is 40.6. The van der Waals surface area contributed by atoms with Gasteiger partial charge in [0.05, 0.1) is 45.2 Å². The number of ether oxygens (including phenoxy) is 1. The van der Waals surface area contributed by atoms with Crippen molar-refractivity contribution >= 4 is 69.0 Å². The van der Waals surface area contributed by atoms with E-state index >= 15 is 0 Å². The minimum Gasteiger partial charge on any atom is -0.489 e. The first-order valence-electron chi connectivity index (χ1n) is 19.5. The highest BCUT2D eigenvalue weighted by molar-refractivity contribution is 7.92. The number of piperidine rings is 2. The lowest BCUT2D eigenvalue weighted by Gasteiger charge is -2.34. The van der Waals surface area contributed by atoms with Crippen molar-refractivity contribution < 1.29 is 22.7 Å². The number of fused-ring (bicyclic) bond motifs is 1. The fraction of sp³-hybridized carbons (Fsp3) is 0.429. The second-order valence-electron chi connectivity index (χ2n) is 15.6. The Kier molecular flexibility index (Phi) is 12.2. The number of benzene rings is 3. The molecule has 2 atom stereocenters. The number of thiol groups is 1. The monoisotopic (exact) mass is 831 g/mol. The number of aryl methyl sites for hydroxylation is 1. The Labute approximate surface area is 345 Å². The summed E-state index contributed by atoms with van der Waals surface area (Å²) in [6, 6.07) is 16.9. The molecule has 0 radical (unpaired) electrons. The Morgan fingerprint density at radius 1 is 0.982 bits per heavy atom. The number of halogens is 1. The topological polar surface area (TPSA) is 146 Å². The summed E-state index contributed by atoms with van der Waals surface area (Å²) in [5.74, 6) is 1.14. The van der Waals surface area contributed by atoms with E-state index in [4.69, 9.17) is 29.0 Å². The highest BCUT2D eigenvalue weighted by Crippen LogP contribution is 2.42. The van der Waals surface area contributed by atoms with Crippen LogP contribution in [0.3, 0.4) is 0 Å². The normalized spacial score (nSPS) is 19.5. The molecule has 57 heavy (non-hydrogen) atoms. The van der Waals surface area contributed by atoms with Gasteiger partial charge in [-0.1, -0.05) is 41.9 Å². The third-order valence-corrected chi connectivity index (χ3v) is 14.1. The number of rotatable bonds is 12.